The van der Waals surface area contributed by atoms with E-state index in [9.17, 15) is 0 Å². The fourth-order valence-electron chi connectivity index (χ4n) is 7.86. The molecule has 4 heteroatoms. The average Bonchev–Trinajstić information content (AvgIpc) is 3.83. The summed E-state index contributed by atoms with van der Waals surface area (Å²) in [6, 6.07) is 49.8. The molecule has 1 aliphatic carbocycles. The zero-order chi connectivity index (χ0) is 32.7. The molecule has 1 aliphatic rings. The molecular formula is C45H32N4. The number of fused-ring (bicyclic) bond motifs is 7. The first kappa shape index (κ1) is 27.8. The third-order valence-corrected chi connectivity index (χ3v) is 10.2. The van der Waals surface area contributed by atoms with Crippen LogP contribution in [-0.4, -0.2) is 19.1 Å². The average molecular weight is 629 g/mol. The molecule has 0 N–H and O–H groups in total. The maximum atomic E-state index is 5.55. The predicted molar refractivity (Wildman–Crippen MR) is 204 cm³/mol. The normalized spacial score (nSPS) is 13.6. The lowest BCUT2D eigenvalue weighted by molar-refractivity contribution is 0.651. The van der Waals surface area contributed by atoms with Gasteiger partial charge in [-0.2, -0.15) is 0 Å². The Labute approximate surface area is 284 Å². The van der Waals surface area contributed by atoms with Gasteiger partial charge in [-0.3, -0.25) is 4.57 Å². The van der Waals surface area contributed by atoms with Gasteiger partial charge in [0, 0.05) is 44.6 Å². The van der Waals surface area contributed by atoms with Crippen molar-refractivity contribution < 1.29 is 0 Å². The minimum Gasteiger partial charge on any atom is -0.316 e. The molecule has 3 aromatic heterocycles. The number of aromatic nitrogens is 4. The van der Waals surface area contributed by atoms with Crippen LogP contribution in [0.1, 0.15) is 25.1 Å². The van der Waals surface area contributed by atoms with Crippen LogP contribution in [0.15, 0.2) is 152 Å². The van der Waals surface area contributed by atoms with E-state index in [2.05, 4.69) is 181 Å². The van der Waals surface area contributed by atoms with E-state index in [1.54, 1.807) is 0 Å². The molecule has 49 heavy (non-hydrogen) atoms. The van der Waals surface area contributed by atoms with Gasteiger partial charge in [0.05, 0.1) is 27.9 Å². The summed E-state index contributed by atoms with van der Waals surface area (Å²) < 4.78 is 4.56. The molecule has 0 saturated carbocycles. The third-order valence-electron chi connectivity index (χ3n) is 10.2. The summed E-state index contributed by atoms with van der Waals surface area (Å²) in [5.74, 6) is 0.685. The van der Waals surface area contributed by atoms with Crippen LogP contribution in [0.4, 0.5) is 0 Å². The number of nitrogens with zero attached hydrogens (tertiary/aromatic N) is 4. The van der Waals surface area contributed by atoms with E-state index in [1.807, 2.05) is 0 Å². The lowest BCUT2D eigenvalue weighted by Crippen LogP contribution is -2.17. The van der Waals surface area contributed by atoms with Crippen molar-refractivity contribution in [2.75, 3.05) is 0 Å². The molecule has 4 nitrogen and oxygen atoms in total. The highest BCUT2D eigenvalue weighted by molar-refractivity contribution is 6.18. The Morgan fingerprint density at radius 1 is 0.531 bits per heavy atom. The van der Waals surface area contributed by atoms with Gasteiger partial charge in [0.2, 0.25) is 5.95 Å². The smallest absolute Gasteiger partial charge is 0.235 e. The maximum Gasteiger partial charge on any atom is 0.235 e. The van der Waals surface area contributed by atoms with Gasteiger partial charge in [0.1, 0.15) is 0 Å². The van der Waals surface area contributed by atoms with Crippen molar-refractivity contribution >= 4 is 49.6 Å². The van der Waals surface area contributed by atoms with Crippen LogP contribution in [0.5, 0.6) is 0 Å². The monoisotopic (exact) mass is 628 g/mol. The molecule has 3 heterocycles. The fraction of sp³-hybridized carbons (Fsp3) is 0.0667. The number of para-hydroxylation sites is 2. The molecule has 0 amide bonds. The van der Waals surface area contributed by atoms with Crippen LogP contribution in [0, 0.1) is 0 Å². The van der Waals surface area contributed by atoms with Crippen LogP contribution in [0.2, 0.25) is 0 Å². The summed E-state index contributed by atoms with van der Waals surface area (Å²) in [7, 11) is 0. The van der Waals surface area contributed by atoms with E-state index in [-0.39, 0.29) is 5.41 Å². The van der Waals surface area contributed by atoms with E-state index in [4.69, 9.17) is 9.97 Å². The van der Waals surface area contributed by atoms with Gasteiger partial charge in [-0.1, -0.05) is 135 Å². The molecule has 232 valence electrons. The van der Waals surface area contributed by atoms with Gasteiger partial charge in [-0.15, -0.1) is 0 Å². The largest absolute Gasteiger partial charge is 0.316 e. The number of hydrogen-bond donors (Lipinski definition) is 0. The minimum atomic E-state index is -0.249. The Balaban J connectivity index is 1.29. The second kappa shape index (κ2) is 10.4. The number of allylic oxidation sites excluding steroid dienone is 1. The van der Waals surface area contributed by atoms with Crippen molar-refractivity contribution in [1.82, 2.24) is 19.1 Å². The Bertz CT molecular complexity index is 2790. The summed E-state index contributed by atoms with van der Waals surface area (Å²) in [6.45, 7) is 4.49. The zero-order valence-electron chi connectivity index (χ0n) is 27.3. The fourth-order valence-corrected chi connectivity index (χ4v) is 7.86. The molecule has 0 bridgehead atoms. The first-order chi connectivity index (χ1) is 24.1. The first-order valence-electron chi connectivity index (χ1n) is 16.9. The first-order valence-corrected chi connectivity index (χ1v) is 16.9. The number of benzene rings is 6. The van der Waals surface area contributed by atoms with Crippen molar-refractivity contribution in [2.24, 2.45) is 0 Å². The maximum absolute atomic E-state index is 5.55. The van der Waals surface area contributed by atoms with Crippen molar-refractivity contribution in [3.63, 3.8) is 0 Å². The summed E-state index contributed by atoms with van der Waals surface area (Å²) in [5, 5.41) is 5.99. The second-order valence-corrected chi connectivity index (χ2v) is 13.5. The Morgan fingerprint density at radius 2 is 1.24 bits per heavy atom. The van der Waals surface area contributed by atoms with Crippen molar-refractivity contribution in [2.45, 2.75) is 19.3 Å². The molecule has 0 spiro atoms. The van der Waals surface area contributed by atoms with E-state index in [0.29, 0.717) is 5.95 Å². The van der Waals surface area contributed by atoms with Gasteiger partial charge in [0.15, 0.2) is 0 Å². The second-order valence-electron chi connectivity index (χ2n) is 13.5. The highest BCUT2D eigenvalue weighted by atomic mass is 15.2. The summed E-state index contributed by atoms with van der Waals surface area (Å²) in [4.78, 5) is 11.0. The van der Waals surface area contributed by atoms with Crippen molar-refractivity contribution in [1.29, 1.82) is 0 Å². The van der Waals surface area contributed by atoms with E-state index < -0.39 is 0 Å². The standard InChI is InChI=1S/C45H32N4/c1-45(2)27-25-38-41(35-20-9-8-18-33(35)32-21-12-14-29-13-6-7-17-31(29)32)46-44(47-43(38)45)49-40-22-11-10-19-34(40)36-23-24-39-37(42(36)49)26-28-48(39)30-15-4-3-5-16-30/h3-28H,1-2H3. The molecular weight excluding hydrogens is 597 g/mol. The molecule has 0 fully saturated rings. The Hall–Kier alpha value is -6.26. The van der Waals surface area contributed by atoms with Crippen LogP contribution < -0.4 is 0 Å². The van der Waals surface area contributed by atoms with Crippen molar-refractivity contribution in [3.05, 3.63) is 163 Å². The van der Waals surface area contributed by atoms with Gasteiger partial charge in [-0.05, 0) is 52.2 Å². The highest BCUT2D eigenvalue weighted by Gasteiger charge is 2.32. The number of hydrogen-bond acceptors (Lipinski definition) is 2. The van der Waals surface area contributed by atoms with E-state index >= 15 is 0 Å². The molecule has 0 radical (unpaired) electrons. The topological polar surface area (TPSA) is 35.6 Å². The van der Waals surface area contributed by atoms with Crippen LogP contribution in [-0.2, 0) is 5.41 Å². The van der Waals surface area contributed by atoms with Crippen molar-refractivity contribution in [3.8, 4) is 34.0 Å². The van der Waals surface area contributed by atoms with Gasteiger partial charge in [-0.25, -0.2) is 9.97 Å². The van der Waals surface area contributed by atoms with Gasteiger partial charge < -0.3 is 4.57 Å². The molecule has 0 atom stereocenters. The Morgan fingerprint density at radius 3 is 2.12 bits per heavy atom. The molecule has 0 aliphatic heterocycles. The predicted octanol–water partition coefficient (Wildman–Crippen LogP) is 11.3. The molecule has 0 unspecified atom stereocenters. The SMILES string of the molecule is CC1(C)C=Cc2c(-c3ccccc3-c3cccc4ccccc34)nc(-n3c4ccccc4c4ccc5c(ccn5-c5ccccc5)c43)nc21. The van der Waals surface area contributed by atoms with Crippen LogP contribution in [0.3, 0.4) is 0 Å². The lowest BCUT2D eigenvalue weighted by Gasteiger charge is -2.21. The molecule has 9 aromatic rings. The van der Waals surface area contributed by atoms with Crippen LogP contribution >= 0.6 is 0 Å². The lowest BCUT2D eigenvalue weighted by atomic mass is 9.89. The molecule has 10 rings (SSSR count). The summed E-state index contributed by atoms with van der Waals surface area (Å²) in [5.41, 5.74) is 10.8. The highest BCUT2D eigenvalue weighted by Crippen LogP contribution is 2.44. The van der Waals surface area contributed by atoms with Gasteiger partial charge >= 0.3 is 0 Å². The number of rotatable bonds is 4. The minimum absolute atomic E-state index is 0.249. The van der Waals surface area contributed by atoms with E-state index in [0.717, 1.165) is 55.7 Å². The van der Waals surface area contributed by atoms with Gasteiger partial charge in [0.25, 0.3) is 0 Å². The molecule has 6 aromatic carbocycles. The van der Waals surface area contributed by atoms with Crippen LogP contribution in [0.25, 0.3) is 83.6 Å². The summed E-state index contributed by atoms with van der Waals surface area (Å²) >= 11 is 0. The Kier molecular flexibility index (Phi) is 5.89. The molecule has 0 saturated heterocycles. The summed E-state index contributed by atoms with van der Waals surface area (Å²) in [6.07, 6.45) is 6.66. The zero-order valence-corrected chi connectivity index (χ0v) is 27.3. The van der Waals surface area contributed by atoms with E-state index in [1.165, 1.54) is 27.1 Å². The third kappa shape index (κ3) is 4.10. The quantitative estimate of drug-likeness (QED) is 0.194.